The number of rotatable bonds is 16. The largest absolute Gasteiger partial charge is 0.329 e. The summed E-state index contributed by atoms with van der Waals surface area (Å²) in [6.07, 6.45) is 16.9. The molecule has 0 radical (unpaired) electrons. The van der Waals surface area contributed by atoms with Crippen LogP contribution in [0.3, 0.4) is 0 Å². The summed E-state index contributed by atoms with van der Waals surface area (Å²) >= 11 is 0. The first-order valence-corrected chi connectivity index (χ1v) is 12.9. The Kier molecular flexibility index (Phi) is 13.0. The number of hydrogen-bond acceptors (Lipinski definition) is 1. The number of hydrogen-bond donors (Lipinski definition) is 2. The van der Waals surface area contributed by atoms with Gasteiger partial charge in [-0.1, -0.05) is 96.3 Å². The van der Waals surface area contributed by atoms with Gasteiger partial charge in [-0.2, -0.15) is 0 Å². The van der Waals surface area contributed by atoms with Crippen molar-refractivity contribution in [2.45, 2.75) is 110 Å². The smallest absolute Gasteiger partial charge is 0.324 e. The molecule has 2 N–H and O–H groups in total. The summed E-state index contributed by atoms with van der Waals surface area (Å²) in [5.74, 6) is 0. The first kappa shape index (κ1) is 24.4. The lowest BCUT2D eigenvalue weighted by molar-refractivity contribution is 0.371. The molecular formula is C23H41O3P. The summed E-state index contributed by atoms with van der Waals surface area (Å²) in [5, 5.41) is 0. The second-order valence-corrected chi connectivity index (χ2v) is 9.56. The van der Waals surface area contributed by atoms with Crippen LogP contribution in [-0.2, 0) is 23.6 Å². The highest BCUT2D eigenvalue weighted by Gasteiger charge is 2.18. The second kappa shape index (κ2) is 14.4. The highest BCUT2D eigenvalue weighted by Crippen LogP contribution is 2.40. The molecule has 0 amide bonds. The van der Waals surface area contributed by atoms with Crippen molar-refractivity contribution in [2.75, 3.05) is 0 Å². The van der Waals surface area contributed by atoms with E-state index in [0.717, 1.165) is 24.8 Å². The Morgan fingerprint density at radius 1 is 0.704 bits per heavy atom. The highest BCUT2D eigenvalue weighted by atomic mass is 31.2. The summed E-state index contributed by atoms with van der Waals surface area (Å²) in [5.41, 5.74) is 3.38. The van der Waals surface area contributed by atoms with Crippen molar-refractivity contribution in [1.29, 1.82) is 0 Å². The number of unbranched alkanes of at least 4 members (excludes halogenated alkanes) is 10. The third kappa shape index (κ3) is 11.7. The van der Waals surface area contributed by atoms with E-state index in [-0.39, 0.29) is 6.16 Å². The Morgan fingerprint density at radius 2 is 1.19 bits per heavy atom. The van der Waals surface area contributed by atoms with Gasteiger partial charge in [-0.15, -0.1) is 0 Å². The Bertz CT molecular complexity index is 551. The lowest BCUT2D eigenvalue weighted by Crippen LogP contribution is -2.02. The molecule has 0 saturated heterocycles. The molecule has 3 nitrogen and oxygen atoms in total. The fourth-order valence-corrected chi connectivity index (χ4v) is 4.53. The van der Waals surface area contributed by atoms with Gasteiger partial charge in [0.2, 0.25) is 0 Å². The van der Waals surface area contributed by atoms with E-state index in [1.165, 1.54) is 81.8 Å². The van der Waals surface area contributed by atoms with E-state index in [1.54, 1.807) is 0 Å². The van der Waals surface area contributed by atoms with Gasteiger partial charge in [0.15, 0.2) is 0 Å². The predicted octanol–water partition coefficient (Wildman–Crippen LogP) is 7.17. The standard InChI is InChI=1S/C23H41O3P/c1-3-5-7-9-11-13-16-21-17-15-18-22(20-27(24,25)26)23(21)19-14-12-10-8-6-4-2/h15,17-18H,3-14,16,19-20H2,1-2H3,(H2,24,25,26). The van der Waals surface area contributed by atoms with Crippen LogP contribution >= 0.6 is 7.60 Å². The number of benzene rings is 1. The van der Waals surface area contributed by atoms with E-state index < -0.39 is 7.60 Å². The van der Waals surface area contributed by atoms with Gasteiger partial charge in [-0.05, 0) is 42.4 Å². The van der Waals surface area contributed by atoms with Gasteiger partial charge in [0.25, 0.3) is 0 Å². The molecule has 1 aromatic rings. The monoisotopic (exact) mass is 396 g/mol. The second-order valence-electron chi connectivity index (χ2n) is 7.91. The minimum absolute atomic E-state index is 0.123. The topological polar surface area (TPSA) is 57.5 Å². The third-order valence-corrected chi connectivity index (χ3v) is 6.08. The maximum Gasteiger partial charge on any atom is 0.329 e. The fraction of sp³-hybridized carbons (Fsp3) is 0.739. The van der Waals surface area contributed by atoms with Crippen molar-refractivity contribution < 1.29 is 14.4 Å². The van der Waals surface area contributed by atoms with Crippen LogP contribution in [0.5, 0.6) is 0 Å². The molecule has 0 saturated carbocycles. The maximum atomic E-state index is 11.6. The Morgan fingerprint density at radius 3 is 1.74 bits per heavy atom. The van der Waals surface area contributed by atoms with Crippen molar-refractivity contribution in [3.63, 3.8) is 0 Å². The fourth-order valence-electron chi connectivity index (χ4n) is 3.79. The molecule has 0 aliphatic carbocycles. The van der Waals surface area contributed by atoms with Crippen LogP contribution in [0, 0.1) is 0 Å². The first-order chi connectivity index (χ1) is 13.0. The van der Waals surface area contributed by atoms with Gasteiger partial charge in [0, 0.05) is 0 Å². The summed E-state index contributed by atoms with van der Waals surface area (Å²) in [6.45, 7) is 4.47. The van der Waals surface area contributed by atoms with Crippen molar-refractivity contribution >= 4 is 7.60 Å². The minimum Gasteiger partial charge on any atom is -0.324 e. The van der Waals surface area contributed by atoms with Crippen LogP contribution in [0.25, 0.3) is 0 Å². The number of aryl methyl sites for hydroxylation is 1. The molecule has 0 aromatic heterocycles. The van der Waals surface area contributed by atoms with Crippen LogP contribution in [0.15, 0.2) is 18.2 Å². The zero-order valence-corrected chi connectivity index (χ0v) is 18.5. The van der Waals surface area contributed by atoms with Crippen LogP contribution in [0.4, 0.5) is 0 Å². The molecule has 0 aliphatic heterocycles. The van der Waals surface area contributed by atoms with Crippen molar-refractivity contribution in [2.24, 2.45) is 0 Å². The molecule has 27 heavy (non-hydrogen) atoms. The normalized spacial score (nSPS) is 11.9. The Balaban J connectivity index is 2.66. The van der Waals surface area contributed by atoms with E-state index in [2.05, 4.69) is 19.9 Å². The molecule has 156 valence electrons. The maximum absolute atomic E-state index is 11.6. The van der Waals surface area contributed by atoms with E-state index in [0.29, 0.717) is 0 Å². The SMILES string of the molecule is CCCCCCCCc1cccc(CP(=O)(O)O)c1CCCCCCCC. The van der Waals surface area contributed by atoms with Gasteiger partial charge >= 0.3 is 7.60 Å². The first-order valence-electron chi connectivity index (χ1n) is 11.1. The summed E-state index contributed by atoms with van der Waals surface area (Å²) in [6, 6.07) is 6.06. The summed E-state index contributed by atoms with van der Waals surface area (Å²) < 4.78 is 11.6. The molecule has 0 bridgehead atoms. The summed E-state index contributed by atoms with van der Waals surface area (Å²) in [7, 11) is -4.03. The molecular weight excluding hydrogens is 355 g/mol. The van der Waals surface area contributed by atoms with Crippen LogP contribution < -0.4 is 0 Å². The average molecular weight is 397 g/mol. The van der Waals surface area contributed by atoms with Crippen molar-refractivity contribution in [3.05, 3.63) is 34.9 Å². The van der Waals surface area contributed by atoms with Gasteiger partial charge in [0.1, 0.15) is 0 Å². The average Bonchev–Trinajstić information content (AvgIpc) is 2.61. The van der Waals surface area contributed by atoms with Crippen molar-refractivity contribution in [3.8, 4) is 0 Å². The van der Waals surface area contributed by atoms with Crippen LogP contribution in [-0.4, -0.2) is 9.79 Å². The van der Waals surface area contributed by atoms with Crippen molar-refractivity contribution in [1.82, 2.24) is 0 Å². The Labute approximate surface area is 167 Å². The molecule has 0 atom stereocenters. The lowest BCUT2D eigenvalue weighted by atomic mass is 9.93. The predicted molar refractivity (Wildman–Crippen MR) is 116 cm³/mol. The highest BCUT2D eigenvalue weighted by molar-refractivity contribution is 7.50. The zero-order chi connectivity index (χ0) is 20.0. The molecule has 0 unspecified atom stereocenters. The van der Waals surface area contributed by atoms with E-state index in [4.69, 9.17) is 0 Å². The zero-order valence-electron chi connectivity index (χ0n) is 17.6. The molecule has 0 heterocycles. The summed E-state index contributed by atoms with van der Waals surface area (Å²) in [4.78, 5) is 18.9. The van der Waals surface area contributed by atoms with Gasteiger partial charge in [0.05, 0.1) is 6.16 Å². The molecule has 1 rings (SSSR count). The van der Waals surface area contributed by atoms with E-state index in [9.17, 15) is 14.4 Å². The lowest BCUT2D eigenvalue weighted by Gasteiger charge is -2.16. The van der Waals surface area contributed by atoms with E-state index >= 15 is 0 Å². The van der Waals surface area contributed by atoms with Gasteiger partial charge < -0.3 is 9.79 Å². The van der Waals surface area contributed by atoms with Crippen LogP contribution in [0.1, 0.15) is 108 Å². The van der Waals surface area contributed by atoms with Gasteiger partial charge in [-0.25, -0.2) is 0 Å². The minimum atomic E-state index is -4.03. The van der Waals surface area contributed by atoms with Gasteiger partial charge in [-0.3, -0.25) is 4.57 Å². The quantitative estimate of drug-likeness (QED) is 0.230. The third-order valence-electron chi connectivity index (χ3n) is 5.33. The Hall–Kier alpha value is -0.630. The molecule has 0 aliphatic rings. The molecule has 0 spiro atoms. The molecule has 4 heteroatoms. The molecule has 0 fully saturated rings. The molecule has 1 aromatic carbocycles. The van der Waals surface area contributed by atoms with E-state index in [1.807, 2.05) is 12.1 Å². The van der Waals surface area contributed by atoms with Crippen LogP contribution in [0.2, 0.25) is 0 Å².